The molecule has 1 saturated heterocycles. The first-order chi connectivity index (χ1) is 10.3. The number of fused-ring (bicyclic) bond motifs is 1. The first kappa shape index (κ1) is 15.1. The summed E-state index contributed by atoms with van der Waals surface area (Å²) in [6, 6.07) is 3.58. The van der Waals surface area contributed by atoms with Gasteiger partial charge in [0.15, 0.2) is 5.78 Å². The van der Waals surface area contributed by atoms with Crippen molar-refractivity contribution in [2.75, 3.05) is 6.61 Å². The molecule has 0 unspecified atom stereocenters. The molecule has 2 aliphatic rings. The van der Waals surface area contributed by atoms with Crippen molar-refractivity contribution < 1.29 is 29.6 Å². The number of hydrogen-bond acceptors (Lipinski definition) is 6. The van der Waals surface area contributed by atoms with Gasteiger partial charge in [-0.15, -0.1) is 11.6 Å². The molecule has 2 fully saturated rings. The molecule has 0 aromatic heterocycles. The molecule has 1 aromatic rings. The molecule has 22 heavy (non-hydrogen) atoms. The van der Waals surface area contributed by atoms with E-state index in [2.05, 4.69) is 0 Å². The number of aliphatic hydroxyl groups excluding tert-OH is 1. The number of ketones is 1. The summed E-state index contributed by atoms with van der Waals surface area (Å²) in [5, 5.41) is 29.3. The van der Waals surface area contributed by atoms with Crippen LogP contribution in [0.5, 0.6) is 11.5 Å². The van der Waals surface area contributed by atoms with Gasteiger partial charge in [0.25, 0.3) is 0 Å². The molecule has 1 aliphatic carbocycles. The third-order valence-corrected chi connectivity index (χ3v) is 5.44. The molecule has 1 aliphatic heterocycles. The monoisotopic (exact) mass is 326 g/mol. The normalized spacial score (nSPS) is 33.5. The molecular weight excluding hydrogens is 312 g/mol. The Labute approximate surface area is 131 Å². The van der Waals surface area contributed by atoms with E-state index in [1.54, 1.807) is 0 Å². The van der Waals surface area contributed by atoms with Crippen molar-refractivity contribution in [3.8, 4) is 11.5 Å². The zero-order chi connectivity index (χ0) is 16.1. The number of alkyl halides is 1. The van der Waals surface area contributed by atoms with Crippen LogP contribution >= 0.6 is 11.6 Å². The number of aliphatic hydroxyl groups is 1. The van der Waals surface area contributed by atoms with Crippen LogP contribution in [0.3, 0.4) is 0 Å². The van der Waals surface area contributed by atoms with Crippen LogP contribution in [0.15, 0.2) is 18.2 Å². The fraction of sp³-hybridized carbons (Fsp3) is 0.467. The molecule has 3 N–H and O–H groups in total. The Morgan fingerprint density at radius 3 is 2.86 bits per heavy atom. The first-order valence-corrected chi connectivity index (χ1v) is 7.27. The summed E-state index contributed by atoms with van der Waals surface area (Å²) in [5.74, 6) is -1.60. The van der Waals surface area contributed by atoms with E-state index in [9.17, 15) is 24.9 Å². The molecule has 3 atom stereocenters. The van der Waals surface area contributed by atoms with Crippen molar-refractivity contribution in [3.05, 3.63) is 23.8 Å². The molecular formula is C15H15ClO6. The Morgan fingerprint density at radius 2 is 2.14 bits per heavy atom. The summed E-state index contributed by atoms with van der Waals surface area (Å²) in [5.41, 5.74) is -1.39. The lowest BCUT2D eigenvalue weighted by atomic mass is 9.74. The number of hydrogen-bond donors (Lipinski definition) is 3. The van der Waals surface area contributed by atoms with Crippen molar-refractivity contribution in [1.29, 1.82) is 0 Å². The molecule has 1 saturated carbocycles. The standard InChI is InChI=1S/C15H15ClO6/c16-15-7-22-13(21)14(15,4-3-12(15)20)6-11(19)9-5-8(17)1-2-10(9)18/h1-2,5,12,17-18,20H,3-4,6-7H2/t12-,14+,15+/m1/s1. The summed E-state index contributed by atoms with van der Waals surface area (Å²) >= 11 is 6.41. The summed E-state index contributed by atoms with van der Waals surface area (Å²) in [6.45, 7) is -0.145. The average molecular weight is 327 g/mol. The Hall–Kier alpha value is -1.79. The molecule has 118 valence electrons. The number of halogens is 1. The van der Waals surface area contributed by atoms with E-state index in [-0.39, 0.29) is 36.5 Å². The van der Waals surface area contributed by atoms with E-state index in [4.69, 9.17) is 16.3 Å². The highest BCUT2D eigenvalue weighted by Crippen LogP contribution is 2.58. The maximum absolute atomic E-state index is 12.5. The van der Waals surface area contributed by atoms with Crippen LogP contribution in [0.4, 0.5) is 0 Å². The van der Waals surface area contributed by atoms with Crippen molar-refractivity contribution in [3.63, 3.8) is 0 Å². The van der Waals surface area contributed by atoms with E-state index >= 15 is 0 Å². The summed E-state index contributed by atoms with van der Waals surface area (Å²) < 4.78 is 4.99. The first-order valence-electron chi connectivity index (χ1n) is 6.89. The highest BCUT2D eigenvalue weighted by Gasteiger charge is 2.69. The lowest BCUT2D eigenvalue weighted by molar-refractivity contribution is -0.146. The third kappa shape index (κ3) is 1.90. The van der Waals surface area contributed by atoms with Gasteiger partial charge in [-0.05, 0) is 31.0 Å². The van der Waals surface area contributed by atoms with Crippen LogP contribution < -0.4 is 0 Å². The lowest BCUT2D eigenvalue weighted by Gasteiger charge is -2.31. The fourth-order valence-corrected chi connectivity index (χ4v) is 3.78. The van der Waals surface area contributed by atoms with Gasteiger partial charge >= 0.3 is 5.97 Å². The number of Topliss-reactive ketones (excluding diaryl/α,β-unsaturated/α-hetero) is 1. The van der Waals surface area contributed by atoms with E-state index in [1.807, 2.05) is 0 Å². The Bertz CT molecular complexity index is 659. The smallest absolute Gasteiger partial charge is 0.314 e. The fourth-order valence-electron chi connectivity index (χ4n) is 3.38. The van der Waals surface area contributed by atoms with E-state index in [0.29, 0.717) is 6.42 Å². The molecule has 1 heterocycles. The van der Waals surface area contributed by atoms with Gasteiger partial charge < -0.3 is 20.1 Å². The third-order valence-electron chi connectivity index (χ3n) is 4.72. The number of rotatable bonds is 3. The molecule has 7 heteroatoms. The van der Waals surface area contributed by atoms with Gasteiger partial charge in [-0.1, -0.05) is 0 Å². The van der Waals surface area contributed by atoms with Crippen LogP contribution in [-0.4, -0.2) is 44.7 Å². The van der Waals surface area contributed by atoms with Crippen molar-refractivity contribution in [2.24, 2.45) is 5.41 Å². The maximum atomic E-state index is 12.5. The van der Waals surface area contributed by atoms with E-state index in [0.717, 1.165) is 6.07 Å². The van der Waals surface area contributed by atoms with Crippen molar-refractivity contribution in [1.82, 2.24) is 0 Å². The van der Waals surface area contributed by atoms with Gasteiger partial charge in [0.1, 0.15) is 28.4 Å². The van der Waals surface area contributed by atoms with Crippen LogP contribution in [0, 0.1) is 5.41 Å². The summed E-state index contributed by atoms with van der Waals surface area (Å²) in [6.07, 6.45) is -0.686. The van der Waals surface area contributed by atoms with Crippen molar-refractivity contribution >= 4 is 23.4 Å². The second kappa shape index (κ2) is 4.86. The zero-order valence-corrected chi connectivity index (χ0v) is 12.3. The van der Waals surface area contributed by atoms with Crippen LogP contribution in [0.2, 0.25) is 0 Å². The number of esters is 1. The molecule has 0 amide bonds. The number of carbonyl (C=O) groups excluding carboxylic acids is 2. The van der Waals surface area contributed by atoms with E-state index < -0.39 is 28.1 Å². The molecule has 1 aromatic carbocycles. The number of cyclic esters (lactones) is 1. The summed E-state index contributed by atoms with van der Waals surface area (Å²) in [7, 11) is 0. The van der Waals surface area contributed by atoms with Gasteiger partial charge in [-0.2, -0.15) is 0 Å². The molecule has 6 nitrogen and oxygen atoms in total. The minimum absolute atomic E-state index is 0.0884. The quantitative estimate of drug-likeness (QED) is 0.335. The van der Waals surface area contributed by atoms with Gasteiger partial charge in [-0.3, -0.25) is 9.59 Å². The predicted molar refractivity (Wildman–Crippen MR) is 75.9 cm³/mol. The number of benzene rings is 1. The number of phenols is 2. The predicted octanol–water partition coefficient (Wildman–Crippen LogP) is 1.35. The Balaban J connectivity index is 1.96. The van der Waals surface area contributed by atoms with Crippen molar-refractivity contribution in [2.45, 2.75) is 30.2 Å². The second-order valence-corrected chi connectivity index (χ2v) is 6.55. The van der Waals surface area contributed by atoms with E-state index in [1.165, 1.54) is 12.1 Å². The maximum Gasteiger partial charge on any atom is 0.314 e. The van der Waals surface area contributed by atoms with Gasteiger partial charge in [0.05, 0.1) is 11.7 Å². The number of phenolic OH excluding ortho intramolecular Hbond substituents is 2. The molecule has 3 rings (SSSR count). The zero-order valence-electron chi connectivity index (χ0n) is 11.6. The van der Waals surface area contributed by atoms with Gasteiger partial charge in [0.2, 0.25) is 0 Å². The Kier molecular flexibility index (Phi) is 3.34. The number of aromatic hydroxyl groups is 2. The average Bonchev–Trinajstić information content (AvgIpc) is 2.87. The largest absolute Gasteiger partial charge is 0.508 e. The lowest BCUT2D eigenvalue weighted by Crippen LogP contribution is -2.47. The van der Waals surface area contributed by atoms with Crippen LogP contribution in [0.1, 0.15) is 29.6 Å². The number of ether oxygens (including phenoxy) is 1. The highest BCUT2D eigenvalue weighted by molar-refractivity contribution is 6.28. The van der Waals surface area contributed by atoms with Gasteiger partial charge in [-0.25, -0.2) is 0 Å². The Morgan fingerprint density at radius 1 is 1.41 bits per heavy atom. The molecule has 0 spiro atoms. The SMILES string of the molecule is O=C(C[C@]12CC[C@@H](O)[C@@]1(Cl)COC2=O)c1cc(O)ccc1O. The van der Waals surface area contributed by atoms with Crippen LogP contribution in [-0.2, 0) is 9.53 Å². The topological polar surface area (TPSA) is 104 Å². The molecule has 0 bridgehead atoms. The second-order valence-electron chi connectivity index (χ2n) is 5.88. The minimum atomic E-state index is -1.33. The number of carbonyl (C=O) groups is 2. The minimum Gasteiger partial charge on any atom is -0.508 e. The molecule has 0 radical (unpaired) electrons. The van der Waals surface area contributed by atoms with Crippen LogP contribution in [0.25, 0.3) is 0 Å². The highest BCUT2D eigenvalue weighted by atomic mass is 35.5. The van der Waals surface area contributed by atoms with Gasteiger partial charge in [0, 0.05) is 6.42 Å². The summed E-state index contributed by atoms with van der Waals surface area (Å²) in [4.78, 5) is 23.3.